The second kappa shape index (κ2) is 7.29. The van der Waals surface area contributed by atoms with Crippen LogP contribution in [0.4, 0.5) is 0 Å². The summed E-state index contributed by atoms with van der Waals surface area (Å²) in [4.78, 5) is 12.1. The summed E-state index contributed by atoms with van der Waals surface area (Å²) in [6.45, 7) is -0.0701. The third kappa shape index (κ3) is 4.23. The van der Waals surface area contributed by atoms with Gasteiger partial charge in [0.2, 0.25) is 5.91 Å². The van der Waals surface area contributed by atoms with E-state index in [-0.39, 0.29) is 30.2 Å². The highest BCUT2D eigenvalue weighted by molar-refractivity contribution is 5.79. The number of carbonyl (C=O) groups excluding carboxylic acids is 1. The number of amides is 1. The number of hydrogen-bond acceptors (Lipinski definition) is 3. The molecule has 1 aromatic rings. The summed E-state index contributed by atoms with van der Waals surface area (Å²) in [6.07, 6.45) is 5.97. The molecule has 4 nitrogen and oxygen atoms in total. The smallest absolute Gasteiger partial charge is 0.223 e. The van der Waals surface area contributed by atoms with Crippen LogP contribution in [0.25, 0.3) is 0 Å². The number of aromatic hydroxyl groups is 1. The normalized spacial score (nSPS) is 17.6. The Kier molecular flexibility index (Phi) is 5.41. The predicted octanol–water partition coefficient (Wildman–Crippen LogP) is 1.99. The first-order valence-electron chi connectivity index (χ1n) is 7.38. The number of benzene rings is 1. The molecule has 1 atom stereocenters. The summed E-state index contributed by atoms with van der Waals surface area (Å²) in [5, 5.41) is 21.6. The SMILES string of the molecule is O=C(N[C@H](CO)Cc1ccc(O)cc1)C1CCCCC1. The van der Waals surface area contributed by atoms with Crippen molar-refractivity contribution < 1.29 is 15.0 Å². The maximum Gasteiger partial charge on any atom is 0.223 e. The Morgan fingerprint density at radius 3 is 2.45 bits per heavy atom. The average molecular weight is 277 g/mol. The zero-order valence-corrected chi connectivity index (χ0v) is 11.7. The fraction of sp³-hybridized carbons (Fsp3) is 0.562. The van der Waals surface area contributed by atoms with Crippen LogP contribution < -0.4 is 5.32 Å². The average Bonchev–Trinajstić information content (AvgIpc) is 2.49. The first-order chi connectivity index (χ1) is 9.69. The van der Waals surface area contributed by atoms with E-state index in [0.29, 0.717) is 6.42 Å². The Bertz CT molecular complexity index is 424. The second-order valence-electron chi connectivity index (χ2n) is 5.59. The van der Waals surface area contributed by atoms with E-state index in [1.807, 2.05) is 12.1 Å². The minimum atomic E-state index is -0.256. The zero-order valence-electron chi connectivity index (χ0n) is 11.7. The van der Waals surface area contributed by atoms with Crippen LogP contribution in [0, 0.1) is 5.92 Å². The quantitative estimate of drug-likeness (QED) is 0.771. The van der Waals surface area contributed by atoms with E-state index in [4.69, 9.17) is 0 Å². The molecule has 0 heterocycles. The van der Waals surface area contributed by atoms with Crippen molar-refractivity contribution in [3.8, 4) is 5.75 Å². The molecule has 0 bridgehead atoms. The van der Waals surface area contributed by atoms with Gasteiger partial charge in [0, 0.05) is 5.92 Å². The van der Waals surface area contributed by atoms with Gasteiger partial charge in [-0.2, -0.15) is 0 Å². The van der Waals surface area contributed by atoms with E-state index in [1.165, 1.54) is 6.42 Å². The molecule has 1 aliphatic rings. The van der Waals surface area contributed by atoms with Gasteiger partial charge in [0.05, 0.1) is 12.6 Å². The molecule has 20 heavy (non-hydrogen) atoms. The lowest BCUT2D eigenvalue weighted by molar-refractivity contribution is -0.126. The van der Waals surface area contributed by atoms with Crippen molar-refractivity contribution in [3.63, 3.8) is 0 Å². The molecule has 1 fully saturated rings. The summed E-state index contributed by atoms with van der Waals surface area (Å²) >= 11 is 0. The minimum Gasteiger partial charge on any atom is -0.508 e. The van der Waals surface area contributed by atoms with Gasteiger partial charge >= 0.3 is 0 Å². The molecule has 3 N–H and O–H groups in total. The number of hydrogen-bond donors (Lipinski definition) is 3. The maximum absolute atomic E-state index is 12.1. The summed E-state index contributed by atoms with van der Waals surface area (Å²) in [5.74, 6) is 0.403. The van der Waals surface area contributed by atoms with Gasteiger partial charge in [-0.05, 0) is 37.0 Å². The Morgan fingerprint density at radius 1 is 1.20 bits per heavy atom. The Morgan fingerprint density at radius 2 is 1.85 bits per heavy atom. The van der Waals surface area contributed by atoms with Gasteiger partial charge in [0.25, 0.3) is 0 Å². The van der Waals surface area contributed by atoms with Gasteiger partial charge in [0.1, 0.15) is 5.75 Å². The van der Waals surface area contributed by atoms with Gasteiger partial charge < -0.3 is 15.5 Å². The molecular weight excluding hydrogens is 254 g/mol. The van der Waals surface area contributed by atoms with E-state index in [1.54, 1.807) is 12.1 Å². The highest BCUT2D eigenvalue weighted by Crippen LogP contribution is 2.23. The molecule has 1 amide bonds. The molecule has 0 saturated heterocycles. The third-order valence-electron chi connectivity index (χ3n) is 3.96. The van der Waals surface area contributed by atoms with Crippen molar-refractivity contribution in [1.82, 2.24) is 5.32 Å². The molecule has 0 aromatic heterocycles. The summed E-state index contributed by atoms with van der Waals surface area (Å²) in [6, 6.07) is 6.60. The molecule has 1 saturated carbocycles. The van der Waals surface area contributed by atoms with Crippen LogP contribution >= 0.6 is 0 Å². The molecule has 1 aliphatic carbocycles. The number of aliphatic hydroxyl groups excluding tert-OH is 1. The van der Waals surface area contributed by atoms with Gasteiger partial charge in [0.15, 0.2) is 0 Å². The van der Waals surface area contributed by atoms with Crippen LogP contribution in [0.3, 0.4) is 0 Å². The van der Waals surface area contributed by atoms with Crippen molar-refractivity contribution in [1.29, 1.82) is 0 Å². The van der Waals surface area contributed by atoms with Crippen molar-refractivity contribution in [2.24, 2.45) is 5.92 Å². The van der Waals surface area contributed by atoms with E-state index in [2.05, 4.69) is 5.32 Å². The standard InChI is InChI=1S/C16H23NO3/c18-11-14(10-12-6-8-15(19)9-7-12)17-16(20)13-4-2-1-3-5-13/h6-9,13-14,18-19H,1-5,10-11H2,(H,17,20)/t14-/m0/s1. The molecule has 0 spiro atoms. The fourth-order valence-corrected chi connectivity index (χ4v) is 2.76. The lowest BCUT2D eigenvalue weighted by Gasteiger charge is -2.24. The van der Waals surface area contributed by atoms with E-state index in [9.17, 15) is 15.0 Å². The van der Waals surface area contributed by atoms with Gasteiger partial charge in [-0.3, -0.25) is 4.79 Å². The van der Waals surface area contributed by atoms with Crippen LogP contribution in [0.2, 0.25) is 0 Å². The summed E-state index contributed by atoms with van der Waals surface area (Å²) < 4.78 is 0. The zero-order chi connectivity index (χ0) is 14.4. The Labute approximate surface area is 119 Å². The Hall–Kier alpha value is -1.55. The van der Waals surface area contributed by atoms with E-state index < -0.39 is 0 Å². The van der Waals surface area contributed by atoms with Crippen molar-refractivity contribution in [2.45, 2.75) is 44.6 Å². The topological polar surface area (TPSA) is 69.6 Å². The molecule has 0 unspecified atom stereocenters. The number of aliphatic hydroxyl groups is 1. The first kappa shape index (κ1) is 14.9. The highest BCUT2D eigenvalue weighted by Gasteiger charge is 2.23. The van der Waals surface area contributed by atoms with Gasteiger partial charge in [-0.25, -0.2) is 0 Å². The molecule has 4 heteroatoms. The largest absolute Gasteiger partial charge is 0.508 e. The number of rotatable bonds is 5. The first-order valence-corrected chi connectivity index (χ1v) is 7.38. The van der Waals surface area contributed by atoms with Gasteiger partial charge in [-0.1, -0.05) is 31.4 Å². The molecular formula is C16H23NO3. The van der Waals surface area contributed by atoms with Crippen molar-refractivity contribution >= 4 is 5.91 Å². The van der Waals surface area contributed by atoms with Crippen LogP contribution in [0.15, 0.2) is 24.3 Å². The minimum absolute atomic E-state index is 0.0701. The number of carbonyl (C=O) groups is 1. The lowest BCUT2D eigenvalue weighted by Crippen LogP contribution is -2.42. The maximum atomic E-state index is 12.1. The second-order valence-corrected chi connectivity index (χ2v) is 5.59. The van der Waals surface area contributed by atoms with E-state index >= 15 is 0 Å². The van der Waals surface area contributed by atoms with Gasteiger partial charge in [-0.15, -0.1) is 0 Å². The summed E-state index contributed by atoms with van der Waals surface area (Å²) in [5.41, 5.74) is 0.991. The fourth-order valence-electron chi connectivity index (χ4n) is 2.76. The van der Waals surface area contributed by atoms with Crippen LogP contribution in [-0.4, -0.2) is 28.8 Å². The van der Waals surface area contributed by atoms with Crippen molar-refractivity contribution in [2.75, 3.05) is 6.61 Å². The van der Waals surface area contributed by atoms with Crippen LogP contribution in [-0.2, 0) is 11.2 Å². The molecule has 1 aromatic carbocycles. The van der Waals surface area contributed by atoms with Crippen LogP contribution in [0.5, 0.6) is 5.75 Å². The lowest BCUT2D eigenvalue weighted by atomic mass is 9.88. The molecule has 110 valence electrons. The third-order valence-corrected chi connectivity index (χ3v) is 3.96. The molecule has 2 rings (SSSR count). The Balaban J connectivity index is 1.87. The number of nitrogens with one attached hydrogen (secondary N) is 1. The number of phenolic OH excluding ortho intramolecular Hbond substituents is 1. The van der Waals surface area contributed by atoms with E-state index in [0.717, 1.165) is 31.2 Å². The monoisotopic (exact) mass is 277 g/mol. The molecule has 0 radical (unpaired) electrons. The highest BCUT2D eigenvalue weighted by atomic mass is 16.3. The van der Waals surface area contributed by atoms with Crippen LogP contribution in [0.1, 0.15) is 37.7 Å². The number of phenols is 1. The predicted molar refractivity (Wildman–Crippen MR) is 77.4 cm³/mol. The van der Waals surface area contributed by atoms with Crippen molar-refractivity contribution in [3.05, 3.63) is 29.8 Å². The molecule has 0 aliphatic heterocycles. The summed E-state index contributed by atoms with van der Waals surface area (Å²) in [7, 11) is 0.